The minimum absolute atomic E-state index is 0.125. The van der Waals surface area contributed by atoms with Crippen LogP contribution in [-0.2, 0) is 0 Å². The van der Waals surface area contributed by atoms with Crippen LogP contribution in [0.1, 0.15) is 36.5 Å². The second-order valence-electron chi connectivity index (χ2n) is 7.77. The number of likely N-dealkylation sites (N-methyl/N-ethyl adjacent to an activating group) is 1. The number of thiazole rings is 1. The molecular formula is C24H30ClN3O3S. The summed E-state index contributed by atoms with van der Waals surface area (Å²) in [5.74, 6) is 1.21. The van der Waals surface area contributed by atoms with Crippen LogP contribution in [0.5, 0.6) is 11.5 Å². The van der Waals surface area contributed by atoms with Crippen LogP contribution < -0.4 is 14.4 Å². The second kappa shape index (κ2) is 11.5. The molecule has 6 nitrogen and oxygen atoms in total. The Morgan fingerprint density at radius 1 is 1.16 bits per heavy atom. The Labute approximate surface area is 198 Å². The molecule has 2 aromatic carbocycles. The molecule has 32 heavy (non-hydrogen) atoms. The highest BCUT2D eigenvalue weighted by Crippen LogP contribution is 2.39. The zero-order chi connectivity index (χ0) is 23.1. The van der Waals surface area contributed by atoms with Crippen LogP contribution in [0.25, 0.3) is 10.2 Å². The zero-order valence-electron chi connectivity index (χ0n) is 19.1. The first-order chi connectivity index (χ1) is 15.4. The number of nitrogens with zero attached hydrogens (tertiary/aromatic N) is 3. The first-order valence-electron chi connectivity index (χ1n) is 10.8. The van der Waals surface area contributed by atoms with Gasteiger partial charge in [-0.2, -0.15) is 0 Å². The van der Waals surface area contributed by atoms with E-state index in [9.17, 15) is 4.79 Å². The molecule has 0 N–H and O–H groups in total. The van der Waals surface area contributed by atoms with Crippen LogP contribution in [0.4, 0.5) is 5.13 Å². The van der Waals surface area contributed by atoms with Gasteiger partial charge in [0.2, 0.25) is 0 Å². The van der Waals surface area contributed by atoms with E-state index in [-0.39, 0.29) is 5.91 Å². The Kier molecular flexibility index (Phi) is 8.73. The normalized spacial score (nSPS) is 11.2. The Morgan fingerprint density at radius 3 is 2.69 bits per heavy atom. The average molecular weight is 476 g/mol. The number of hydrogen-bond acceptors (Lipinski definition) is 6. The van der Waals surface area contributed by atoms with Crippen molar-refractivity contribution >= 4 is 44.2 Å². The number of methoxy groups -OCH3 is 1. The first kappa shape index (κ1) is 24.3. The molecular weight excluding hydrogens is 446 g/mol. The maximum Gasteiger partial charge on any atom is 0.260 e. The average Bonchev–Trinajstić information content (AvgIpc) is 3.23. The number of aromatic nitrogens is 1. The number of carbonyl (C=O) groups is 1. The molecule has 0 unspecified atom stereocenters. The van der Waals surface area contributed by atoms with Gasteiger partial charge in [0.05, 0.1) is 23.4 Å². The molecule has 0 aliphatic rings. The highest BCUT2D eigenvalue weighted by Gasteiger charge is 2.23. The van der Waals surface area contributed by atoms with Gasteiger partial charge in [-0.25, -0.2) is 4.98 Å². The smallest absolute Gasteiger partial charge is 0.260 e. The lowest BCUT2D eigenvalue weighted by molar-refractivity contribution is 0.0984. The number of carbonyl (C=O) groups excluding carboxylic acids is 1. The Morgan fingerprint density at radius 2 is 1.97 bits per heavy atom. The van der Waals surface area contributed by atoms with Gasteiger partial charge in [-0.1, -0.05) is 48.8 Å². The third-order valence-corrected chi connectivity index (χ3v) is 6.55. The van der Waals surface area contributed by atoms with Crippen molar-refractivity contribution in [3.05, 3.63) is 47.0 Å². The summed E-state index contributed by atoms with van der Waals surface area (Å²) in [5, 5.41) is 1.18. The largest absolute Gasteiger partial charge is 0.494 e. The van der Waals surface area contributed by atoms with Crippen LogP contribution in [-0.4, -0.2) is 56.7 Å². The summed E-state index contributed by atoms with van der Waals surface area (Å²) in [5.41, 5.74) is 1.23. The van der Waals surface area contributed by atoms with E-state index in [0.717, 1.165) is 24.0 Å². The summed E-state index contributed by atoms with van der Waals surface area (Å²) in [6, 6.07) is 10.9. The van der Waals surface area contributed by atoms with Crippen molar-refractivity contribution in [1.29, 1.82) is 0 Å². The van der Waals surface area contributed by atoms with Crippen molar-refractivity contribution in [3.8, 4) is 11.5 Å². The molecule has 172 valence electrons. The zero-order valence-corrected chi connectivity index (χ0v) is 20.6. The Bertz CT molecular complexity index is 1050. The Balaban J connectivity index is 1.92. The van der Waals surface area contributed by atoms with Crippen molar-refractivity contribution in [2.45, 2.75) is 26.2 Å². The van der Waals surface area contributed by atoms with E-state index in [2.05, 4.69) is 6.92 Å². The molecule has 0 aliphatic carbocycles. The molecule has 0 spiro atoms. The Hall–Kier alpha value is -2.35. The standard InChI is InChI=1S/C24H30ClN3O3S/c1-5-6-7-15-31-18-10-8-9-17(16-18)23(29)28(14-13-27(2)3)24-26-21-20(30-4)12-11-19(25)22(21)32-24/h8-12,16H,5-7,13-15H2,1-4H3. The summed E-state index contributed by atoms with van der Waals surface area (Å²) < 4.78 is 12.1. The number of fused-ring (bicyclic) bond motifs is 1. The van der Waals surface area contributed by atoms with Gasteiger partial charge in [-0.05, 0) is 50.8 Å². The number of anilines is 1. The van der Waals surface area contributed by atoms with Crippen molar-refractivity contribution in [2.75, 3.05) is 45.8 Å². The lowest BCUT2D eigenvalue weighted by atomic mass is 10.2. The molecule has 0 fully saturated rings. The van der Waals surface area contributed by atoms with Crippen molar-refractivity contribution in [1.82, 2.24) is 9.88 Å². The number of amides is 1. The third-order valence-electron chi connectivity index (χ3n) is 5.01. The van der Waals surface area contributed by atoms with E-state index < -0.39 is 0 Å². The minimum atomic E-state index is -0.125. The van der Waals surface area contributed by atoms with Crippen LogP contribution >= 0.6 is 22.9 Å². The van der Waals surface area contributed by atoms with Crippen molar-refractivity contribution in [2.24, 2.45) is 0 Å². The van der Waals surface area contributed by atoms with E-state index in [4.69, 9.17) is 26.1 Å². The molecule has 3 rings (SSSR count). The molecule has 1 amide bonds. The van der Waals surface area contributed by atoms with E-state index in [1.165, 1.54) is 11.3 Å². The van der Waals surface area contributed by atoms with E-state index in [1.54, 1.807) is 30.2 Å². The molecule has 1 aromatic heterocycles. The second-order valence-corrected chi connectivity index (χ2v) is 9.15. The summed E-state index contributed by atoms with van der Waals surface area (Å²) in [6.45, 7) is 3.99. The lowest BCUT2D eigenvalue weighted by Crippen LogP contribution is -2.36. The van der Waals surface area contributed by atoms with E-state index in [1.807, 2.05) is 37.2 Å². The van der Waals surface area contributed by atoms with Gasteiger partial charge in [0.1, 0.15) is 17.0 Å². The van der Waals surface area contributed by atoms with Gasteiger partial charge in [-0.3, -0.25) is 9.69 Å². The van der Waals surface area contributed by atoms with Gasteiger partial charge < -0.3 is 14.4 Å². The highest BCUT2D eigenvalue weighted by molar-refractivity contribution is 7.23. The summed E-state index contributed by atoms with van der Waals surface area (Å²) in [6.07, 6.45) is 3.26. The maximum absolute atomic E-state index is 13.6. The molecule has 0 saturated heterocycles. The first-order valence-corrected chi connectivity index (χ1v) is 12.0. The minimum Gasteiger partial charge on any atom is -0.494 e. The fraction of sp³-hybridized carbons (Fsp3) is 0.417. The van der Waals surface area contributed by atoms with Crippen LogP contribution in [0.15, 0.2) is 36.4 Å². The highest BCUT2D eigenvalue weighted by atomic mass is 35.5. The third kappa shape index (κ3) is 5.91. The predicted molar refractivity (Wildman–Crippen MR) is 133 cm³/mol. The van der Waals surface area contributed by atoms with Gasteiger partial charge >= 0.3 is 0 Å². The number of hydrogen-bond donors (Lipinski definition) is 0. The summed E-state index contributed by atoms with van der Waals surface area (Å²) >= 11 is 7.80. The molecule has 3 aromatic rings. The number of ether oxygens (including phenoxy) is 2. The lowest BCUT2D eigenvalue weighted by Gasteiger charge is -2.22. The quantitative estimate of drug-likeness (QED) is 0.331. The van der Waals surface area contributed by atoms with Crippen LogP contribution in [0.2, 0.25) is 5.02 Å². The fourth-order valence-corrected chi connectivity index (χ4v) is 4.50. The molecule has 1 heterocycles. The van der Waals surface area contributed by atoms with Crippen molar-refractivity contribution in [3.63, 3.8) is 0 Å². The summed E-state index contributed by atoms with van der Waals surface area (Å²) in [7, 11) is 5.56. The fourth-order valence-electron chi connectivity index (χ4n) is 3.22. The number of halogens is 1. The van der Waals surface area contributed by atoms with Crippen LogP contribution in [0, 0.1) is 0 Å². The molecule has 0 saturated carbocycles. The van der Waals surface area contributed by atoms with Gasteiger partial charge in [0, 0.05) is 18.7 Å². The van der Waals surface area contributed by atoms with Gasteiger partial charge in [0.25, 0.3) is 5.91 Å². The monoisotopic (exact) mass is 475 g/mol. The predicted octanol–water partition coefficient (Wildman–Crippen LogP) is 5.74. The SMILES string of the molecule is CCCCCOc1cccc(C(=O)N(CCN(C)C)c2nc3c(OC)ccc(Cl)c3s2)c1. The molecule has 0 bridgehead atoms. The summed E-state index contributed by atoms with van der Waals surface area (Å²) in [4.78, 5) is 22.0. The number of unbranched alkanes of at least 4 members (excludes halogenated alkanes) is 2. The maximum atomic E-state index is 13.6. The van der Waals surface area contributed by atoms with Crippen molar-refractivity contribution < 1.29 is 14.3 Å². The molecule has 0 aliphatic heterocycles. The molecule has 0 atom stereocenters. The van der Waals surface area contributed by atoms with E-state index in [0.29, 0.717) is 52.4 Å². The molecule has 0 radical (unpaired) electrons. The van der Waals surface area contributed by atoms with E-state index >= 15 is 0 Å². The number of benzene rings is 2. The van der Waals surface area contributed by atoms with Gasteiger partial charge in [-0.15, -0.1) is 0 Å². The topological polar surface area (TPSA) is 54.9 Å². The van der Waals surface area contributed by atoms with Crippen LogP contribution in [0.3, 0.4) is 0 Å². The molecule has 8 heteroatoms. The van der Waals surface area contributed by atoms with Gasteiger partial charge in [0.15, 0.2) is 5.13 Å². The number of rotatable bonds is 11.